The standard InChI is InChI=1S/C24H24N2O2/c1-18(12-19-6-3-2-4-7-19)16-26-10-11-28-24-22(17-26)13-21(14-23(24)27)20-8-5-9-25-15-20/h2-9,12-15,27H,10-11,16-17H2,1H3/b18-12+. The fraction of sp³-hybridized carbons (Fsp3) is 0.208. The van der Waals surface area contributed by atoms with Crippen LogP contribution in [0.4, 0.5) is 0 Å². The van der Waals surface area contributed by atoms with Crippen LogP contribution < -0.4 is 4.74 Å². The molecular weight excluding hydrogens is 348 g/mol. The number of aromatic nitrogens is 1. The SMILES string of the molecule is C/C(=C\c1ccccc1)CN1CCOc2c(O)cc(-c3cccnc3)cc2C1. The molecule has 3 aromatic rings. The van der Waals surface area contributed by atoms with Crippen molar-refractivity contribution in [3.05, 3.63) is 83.7 Å². The van der Waals surface area contributed by atoms with E-state index in [0.29, 0.717) is 12.4 Å². The summed E-state index contributed by atoms with van der Waals surface area (Å²) in [5.74, 6) is 0.787. The van der Waals surface area contributed by atoms with Crippen molar-refractivity contribution < 1.29 is 9.84 Å². The van der Waals surface area contributed by atoms with Gasteiger partial charge in [0.05, 0.1) is 0 Å². The van der Waals surface area contributed by atoms with Crippen molar-refractivity contribution >= 4 is 6.08 Å². The molecule has 28 heavy (non-hydrogen) atoms. The summed E-state index contributed by atoms with van der Waals surface area (Å²) in [5, 5.41) is 10.5. The lowest BCUT2D eigenvalue weighted by Gasteiger charge is -2.20. The van der Waals surface area contributed by atoms with Gasteiger partial charge in [0.25, 0.3) is 0 Å². The maximum atomic E-state index is 10.5. The number of benzene rings is 2. The van der Waals surface area contributed by atoms with Gasteiger partial charge < -0.3 is 9.84 Å². The maximum absolute atomic E-state index is 10.5. The highest BCUT2D eigenvalue weighted by Crippen LogP contribution is 2.37. The Bertz CT molecular complexity index is 969. The third-order valence-corrected chi connectivity index (χ3v) is 4.87. The lowest BCUT2D eigenvalue weighted by Crippen LogP contribution is -2.27. The van der Waals surface area contributed by atoms with Crippen LogP contribution >= 0.6 is 0 Å². The second kappa shape index (κ2) is 8.28. The molecule has 4 heteroatoms. The van der Waals surface area contributed by atoms with Gasteiger partial charge in [-0.3, -0.25) is 9.88 Å². The van der Waals surface area contributed by atoms with Crippen molar-refractivity contribution in [2.24, 2.45) is 0 Å². The molecule has 0 spiro atoms. The van der Waals surface area contributed by atoms with E-state index in [4.69, 9.17) is 4.74 Å². The fourth-order valence-corrected chi connectivity index (χ4v) is 3.62. The van der Waals surface area contributed by atoms with Gasteiger partial charge in [-0.15, -0.1) is 0 Å². The first-order valence-electron chi connectivity index (χ1n) is 9.53. The van der Waals surface area contributed by atoms with Crippen LogP contribution in [0, 0.1) is 0 Å². The van der Waals surface area contributed by atoms with Gasteiger partial charge in [-0.05, 0) is 36.2 Å². The lowest BCUT2D eigenvalue weighted by molar-refractivity contribution is 0.236. The first-order valence-corrected chi connectivity index (χ1v) is 9.53. The monoisotopic (exact) mass is 372 g/mol. The van der Waals surface area contributed by atoms with Crippen LogP contribution in [-0.2, 0) is 6.54 Å². The number of fused-ring (bicyclic) bond motifs is 1. The Balaban J connectivity index is 1.57. The molecule has 142 valence electrons. The van der Waals surface area contributed by atoms with E-state index in [9.17, 15) is 5.11 Å². The van der Waals surface area contributed by atoms with Gasteiger partial charge in [-0.2, -0.15) is 0 Å². The van der Waals surface area contributed by atoms with Crippen molar-refractivity contribution in [3.8, 4) is 22.6 Å². The predicted octanol–water partition coefficient (Wildman–Crippen LogP) is 4.75. The maximum Gasteiger partial charge on any atom is 0.165 e. The highest BCUT2D eigenvalue weighted by Gasteiger charge is 2.20. The minimum absolute atomic E-state index is 0.190. The van der Waals surface area contributed by atoms with Gasteiger partial charge in [0.2, 0.25) is 0 Å². The summed E-state index contributed by atoms with van der Waals surface area (Å²) in [7, 11) is 0. The molecule has 0 amide bonds. The Kier molecular flexibility index (Phi) is 5.40. The fourth-order valence-electron chi connectivity index (χ4n) is 3.62. The molecule has 0 saturated carbocycles. The van der Waals surface area contributed by atoms with E-state index in [1.165, 1.54) is 11.1 Å². The topological polar surface area (TPSA) is 45.6 Å². The van der Waals surface area contributed by atoms with Crippen LogP contribution in [0.3, 0.4) is 0 Å². The van der Waals surface area contributed by atoms with Gasteiger partial charge in [0.15, 0.2) is 11.5 Å². The van der Waals surface area contributed by atoms with E-state index < -0.39 is 0 Å². The zero-order chi connectivity index (χ0) is 19.3. The minimum Gasteiger partial charge on any atom is -0.504 e. The van der Waals surface area contributed by atoms with Gasteiger partial charge in [-0.1, -0.05) is 48.0 Å². The Morgan fingerprint density at radius 2 is 2.00 bits per heavy atom. The molecule has 1 N–H and O–H groups in total. The normalized spacial score (nSPS) is 14.8. The van der Waals surface area contributed by atoms with Crippen LogP contribution in [0.15, 0.2) is 72.6 Å². The number of aromatic hydroxyl groups is 1. The average molecular weight is 372 g/mol. The molecule has 1 aliphatic heterocycles. The smallest absolute Gasteiger partial charge is 0.165 e. The Labute approximate surface area is 165 Å². The summed E-state index contributed by atoms with van der Waals surface area (Å²) in [5.41, 5.74) is 5.44. The van der Waals surface area contributed by atoms with E-state index in [0.717, 1.165) is 36.3 Å². The van der Waals surface area contributed by atoms with E-state index in [1.807, 2.05) is 24.4 Å². The molecular formula is C24H24N2O2. The molecule has 2 heterocycles. The largest absolute Gasteiger partial charge is 0.504 e. The first kappa shape index (κ1) is 18.3. The molecule has 4 nitrogen and oxygen atoms in total. The molecule has 1 aliphatic rings. The van der Waals surface area contributed by atoms with Gasteiger partial charge in [0.1, 0.15) is 6.61 Å². The second-order valence-electron chi connectivity index (χ2n) is 7.19. The Morgan fingerprint density at radius 1 is 1.14 bits per heavy atom. The average Bonchev–Trinajstić information content (AvgIpc) is 2.91. The zero-order valence-electron chi connectivity index (χ0n) is 16.0. The van der Waals surface area contributed by atoms with E-state index in [-0.39, 0.29) is 5.75 Å². The molecule has 0 bridgehead atoms. The van der Waals surface area contributed by atoms with E-state index in [2.05, 4.69) is 53.2 Å². The number of pyridine rings is 1. The quantitative estimate of drug-likeness (QED) is 0.718. The number of rotatable bonds is 4. The predicted molar refractivity (Wildman–Crippen MR) is 112 cm³/mol. The van der Waals surface area contributed by atoms with E-state index >= 15 is 0 Å². The van der Waals surface area contributed by atoms with Crippen molar-refractivity contribution in [2.75, 3.05) is 19.7 Å². The molecule has 0 saturated heterocycles. The third kappa shape index (κ3) is 4.24. The Morgan fingerprint density at radius 3 is 2.79 bits per heavy atom. The van der Waals surface area contributed by atoms with Crippen molar-refractivity contribution in [2.45, 2.75) is 13.5 Å². The molecule has 0 atom stereocenters. The summed E-state index contributed by atoms with van der Waals surface area (Å²) in [6.45, 7) is 5.12. The van der Waals surface area contributed by atoms with Gasteiger partial charge in [-0.25, -0.2) is 0 Å². The van der Waals surface area contributed by atoms with Gasteiger partial charge in [0, 0.05) is 43.2 Å². The van der Waals surface area contributed by atoms with Gasteiger partial charge >= 0.3 is 0 Å². The minimum atomic E-state index is 0.190. The van der Waals surface area contributed by atoms with Crippen LogP contribution in [0.25, 0.3) is 17.2 Å². The molecule has 0 unspecified atom stereocenters. The highest BCUT2D eigenvalue weighted by molar-refractivity contribution is 5.68. The number of hydrogen-bond donors (Lipinski definition) is 1. The van der Waals surface area contributed by atoms with Crippen LogP contribution in [-0.4, -0.2) is 34.7 Å². The van der Waals surface area contributed by atoms with Crippen LogP contribution in [0.1, 0.15) is 18.1 Å². The van der Waals surface area contributed by atoms with Crippen LogP contribution in [0.2, 0.25) is 0 Å². The number of phenolic OH excluding ortho intramolecular Hbond substituents is 1. The molecule has 0 radical (unpaired) electrons. The third-order valence-electron chi connectivity index (χ3n) is 4.87. The zero-order valence-corrected chi connectivity index (χ0v) is 16.0. The van der Waals surface area contributed by atoms with E-state index in [1.54, 1.807) is 12.3 Å². The van der Waals surface area contributed by atoms with Crippen LogP contribution in [0.5, 0.6) is 11.5 Å². The number of phenols is 1. The number of nitrogens with zero attached hydrogens (tertiary/aromatic N) is 2. The second-order valence-corrected chi connectivity index (χ2v) is 7.19. The summed E-state index contributed by atoms with van der Waals surface area (Å²) in [6, 6.07) is 18.1. The first-order chi connectivity index (χ1) is 13.7. The molecule has 1 aromatic heterocycles. The summed E-state index contributed by atoms with van der Waals surface area (Å²) < 4.78 is 5.87. The number of ether oxygens (including phenoxy) is 1. The molecule has 4 rings (SSSR count). The van der Waals surface area contributed by atoms with Crippen molar-refractivity contribution in [3.63, 3.8) is 0 Å². The Hall–Kier alpha value is -3.11. The summed E-state index contributed by atoms with van der Waals surface area (Å²) in [4.78, 5) is 6.54. The highest BCUT2D eigenvalue weighted by atomic mass is 16.5. The lowest BCUT2D eigenvalue weighted by atomic mass is 10.0. The summed E-state index contributed by atoms with van der Waals surface area (Å²) >= 11 is 0. The van der Waals surface area contributed by atoms with Crippen molar-refractivity contribution in [1.82, 2.24) is 9.88 Å². The molecule has 2 aromatic carbocycles. The number of hydrogen-bond acceptors (Lipinski definition) is 4. The molecule has 0 aliphatic carbocycles. The molecule has 0 fully saturated rings. The van der Waals surface area contributed by atoms with Crippen molar-refractivity contribution in [1.29, 1.82) is 0 Å². The summed E-state index contributed by atoms with van der Waals surface area (Å²) in [6.07, 6.45) is 5.78.